The molecular weight excluding hydrogens is 421 g/mol. The van der Waals surface area contributed by atoms with Crippen LogP contribution in [0.15, 0.2) is 72.3 Å². The second-order valence-electron chi connectivity index (χ2n) is 7.25. The van der Waals surface area contributed by atoms with Crippen molar-refractivity contribution in [2.75, 3.05) is 17.2 Å². The number of benzene rings is 3. The highest BCUT2D eigenvalue weighted by atomic mass is 19.1. The van der Waals surface area contributed by atoms with Crippen LogP contribution >= 0.6 is 0 Å². The molecule has 0 radical (unpaired) electrons. The third-order valence-electron chi connectivity index (χ3n) is 4.92. The van der Waals surface area contributed by atoms with Gasteiger partial charge >= 0.3 is 0 Å². The maximum absolute atomic E-state index is 13.0. The maximum Gasteiger partial charge on any atom is 0.266 e. The SMILES string of the molecule is Cc1cccc(NC(=O)C(C#N)=Cc2ccccc2OCC(=O)Nc2ccc(F)cc2)c1C. The van der Waals surface area contributed by atoms with Crippen LogP contribution in [0.2, 0.25) is 0 Å². The topological polar surface area (TPSA) is 91.2 Å². The molecule has 0 aliphatic carbocycles. The smallest absolute Gasteiger partial charge is 0.266 e. The molecule has 0 heterocycles. The van der Waals surface area contributed by atoms with Crippen LogP contribution in [0.4, 0.5) is 15.8 Å². The normalized spacial score (nSPS) is 10.8. The molecule has 0 saturated heterocycles. The van der Waals surface area contributed by atoms with Gasteiger partial charge in [-0.2, -0.15) is 5.26 Å². The second kappa shape index (κ2) is 10.7. The molecule has 33 heavy (non-hydrogen) atoms. The summed E-state index contributed by atoms with van der Waals surface area (Å²) >= 11 is 0. The molecule has 6 nitrogen and oxygen atoms in total. The summed E-state index contributed by atoms with van der Waals surface area (Å²) in [6.45, 7) is 3.52. The summed E-state index contributed by atoms with van der Waals surface area (Å²) < 4.78 is 18.6. The molecule has 0 bridgehead atoms. The van der Waals surface area contributed by atoms with Crippen molar-refractivity contribution in [2.45, 2.75) is 13.8 Å². The highest BCUT2D eigenvalue weighted by Gasteiger charge is 2.13. The molecule has 0 unspecified atom stereocenters. The highest BCUT2D eigenvalue weighted by Crippen LogP contribution is 2.23. The largest absolute Gasteiger partial charge is 0.483 e. The van der Waals surface area contributed by atoms with Crippen LogP contribution in [0, 0.1) is 31.0 Å². The van der Waals surface area contributed by atoms with Crippen molar-refractivity contribution in [1.82, 2.24) is 0 Å². The van der Waals surface area contributed by atoms with Gasteiger partial charge in [-0.05, 0) is 67.4 Å². The Kier molecular flexibility index (Phi) is 7.55. The van der Waals surface area contributed by atoms with E-state index in [1.807, 2.05) is 32.0 Å². The number of nitrogens with one attached hydrogen (secondary N) is 2. The molecule has 3 aromatic rings. The minimum atomic E-state index is -0.546. The molecule has 0 atom stereocenters. The van der Waals surface area contributed by atoms with E-state index < -0.39 is 17.6 Å². The van der Waals surface area contributed by atoms with Gasteiger partial charge < -0.3 is 15.4 Å². The number of para-hydroxylation sites is 1. The van der Waals surface area contributed by atoms with Crippen LogP contribution in [0.1, 0.15) is 16.7 Å². The first-order chi connectivity index (χ1) is 15.9. The summed E-state index contributed by atoms with van der Waals surface area (Å²) in [5.41, 5.74) is 3.37. The van der Waals surface area contributed by atoms with Crippen LogP contribution in [0.5, 0.6) is 5.75 Å². The summed E-state index contributed by atoms with van der Waals surface area (Å²) in [6, 6.07) is 19.6. The van der Waals surface area contributed by atoms with Crippen LogP contribution in [-0.2, 0) is 9.59 Å². The third kappa shape index (κ3) is 6.28. The van der Waals surface area contributed by atoms with Gasteiger partial charge in [-0.15, -0.1) is 0 Å². The Morgan fingerprint density at radius 2 is 1.73 bits per heavy atom. The number of halogens is 1. The van der Waals surface area contributed by atoms with Crippen molar-refractivity contribution >= 4 is 29.3 Å². The van der Waals surface area contributed by atoms with E-state index in [2.05, 4.69) is 10.6 Å². The molecule has 3 rings (SSSR count). The Hall–Kier alpha value is -4.44. The molecule has 2 amide bonds. The predicted molar refractivity (Wildman–Crippen MR) is 125 cm³/mol. The Morgan fingerprint density at radius 1 is 1.00 bits per heavy atom. The van der Waals surface area contributed by atoms with E-state index in [9.17, 15) is 19.2 Å². The zero-order valence-electron chi connectivity index (χ0n) is 18.2. The van der Waals surface area contributed by atoms with Gasteiger partial charge in [0.15, 0.2) is 6.61 Å². The van der Waals surface area contributed by atoms with Gasteiger partial charge in [0.2, 0.25) is 0 Å². The zero-order valence-corrected chi connectivity index (χ0v) is 18.2. The fraction of sp³-hybridized carbons (Fsp3) is 0.115. The number of aryl methyl sites for hydroxylation is 1. The van der Waals surface area contributed by atoms with Crippen LogP contribution in [0.3, 0.4) is 0 Å². The Bertz CT molecular complexity index is 1240. The third-order valence-corrected chi connectivity index (χ3v) is 4.92. The van der Waals surface area contributed by atoms with Gasteiger partial charge in [0.25, 0.3) is 11.8 Å². The van der Waals surface area contributed by atoms with Crippen molar-refractivity contribution in [3.8, 4) is 11.8 Å². The lowest BCUT2D eigenvalue weighted by molar-refractivity contribution is -0.118. The van der Waals surface area contributed by atoms with Crippen molar-refractivity contribution in [3.63, 3.8) is 0 Å². The van der Waals surface area contributed by atoms with Gasteiger partial charge in [-0.1, -0.05) is 30.3 Å². The van der Waals surface area contributed by atoms with Crippen molar-refractivity contribution in [2.24, 2.45) is 0 Å². The number of nitrogens with zero attached hydrogens (tertiary/aromatic N) is 1. The number of carbonyl (C=O) groups excluding carboxylic acids is 2. The fourth-order valence-electron chi connectivity index (χ4n) is 2.99. The number of rotatable bonds is 7. The summed E-state index contributed by atoms with van der Waals surface area (Å²) in [6.07, 6.45) is 1.41. The van der Waals surface area contributed by atoms with E-state index >= 15 is 0 Å². The summed E-state index contributed by atoms with van der Waals surface area (Å²) in [7, 11) is 0. The summed E-state index contributed by atoms with van der Waals surface area (Å²) in [5, 5.41) is 14.9. The number of carbonyl (C=O) groups is 2. The number of nitriles is 1. The van der Waals surface area contributed by atoms with Gasteiger partial charge in [-0.3, -0.25) is 9.59 Å². The molecule has 0 aromatic heterocycles. The van der Waals surface area contributed by atoms with Crippen molar-refractivity contribution in [1.29, 1.82) is 5.26 Å². The van der Waals surface area contributed by atoms with Crippen LogP contribution < -0.4 is 15.4 Å². The Morgan fingerprint density at radius 3 is 2.45 bits per heavy atom. The number of amides is 2. The molecular formula is C26H22FN3O3. The Balaban J connectivity index is 1.71. The highest BCUT2D eigenvalue weighted by molar-refractivity contribution is 6.10. The van der Waals surface area contributed by atoms with Crippen LogP contribution in [-0.4, -0.2) is 18.4 Å². The standard InChI is InChI=1S/C26H22FN3O3/c1-17-6-5-8-23(18(17)2)30-26(32)20(15-28)14-19-7-3-4-9-24(19)33-16-25(31)29-22-12-10-21(27)11-13-22/h3-14H,16H2,1-2H3,(H,29,31)(H,30,32). The van der Waals surface area contributed by atoms with Gasteiger partial charge in [-0.25, -0.2) is 4.39 Å². The molecule has 0 saturated carbocycles. The fourth-order valence-corrected chi connectivity index (χ4v) is 2.99. The Labute approximate surface area is 191 Å². The van der Waals surface area contributed by atoms with E-state index in [4.69, 9.17) is 4.74 Å². The van der Waals surface area contributed by atoms with E-state index in [0.717, 1.165) is 11.1 Å². The van der Waals surface area contributed by atoms with E-state index in [-0.39, 0.29) is 12.2 Å². The molecule has 0 fully saturated rings. The first-order valence-electron chi connectivity index (χ1n) is 10.1. The first kappa shape index (κ1) is 23.2. The average molecular weight is 443 g/mol. The molecule has 3 aromatic carbocycles. The minimum absolute atomic E-state index is 0.109. The minimum Gasteiger partial charge on any atom is -0.483 e. The molecule has 7 heteroatoms. The molecule has 166 valence electrons. The van der Waals surface area contributed by atoms with Gasteiger partial charge in [0.05, 0.1) is 0 Å². The number of hydrogen-bond acceptors (Lipinski definition) is 4. The zero-order chi connectivity index (χ0) is 23.8. The van der Waals surface area contributed by atoms with E-state index in [0.29, 0.717) is 22.7 Å². The number of hydrogen-bond donors (Lipinski definition) is 2. The predicted octanol–water partition coefficient (Wildman–Crippen LogP) is 5.01. The van der Waals surface area contributed by atoms with E-state index in [1.54, 1.807) is 30.3 Å². The second-order valence-corrected chi connectivity index (χ2v) is 7.25. The quantitative estimate of drug-likeness (QED) is 0.397. The molecule has 0 aliphatic rings. The summed E-state index contributed by atoms with van der Waals surface area (Å²) in [5.74, 6) is -1.05. The lowest BCUT2D eigenvalue weighted by Crippen LogP contribution is -2.20. The summed E-state index contributed by atoms with van der Waals surface area (Å²) in [4.78, 5) is 24.9. The monoisotopic (exact) mass is 443 g/mol. The lowest BCUT2D eigenvalue weighted by Gasteiger charge is -2.11. The van der Waals surface area contributed by atoms with E-state index in [1.165, 1.54) is 30.3 Å². The molecule has 0 spiro atoms. The molecule has 0 aliphatic heterocycles. The lowest BCUT2D eigenvalue weighted by atomic mass is 10.1. The molecule has 2 N–H and O–H groups in total. The van der Waals surface area contributed by atoms with Crippen molar-refractivity contribution < 1.29 is 18.7 Å². The first-order valence-corrected chi connectivity index (χ1v) is 10.1. The van der Waals surface area contributed by atoms with Crippen molar-refractivity contribution in [3.05, 3.63) is 94.8 Å². The average Bonchev–Trinajstić information content (AvgIpc) is 2.81. The number of ether oxygens (including phenoxy) is 1. The maximum atomic E-state index is 13.0. The number of anilines is 2. The van der Waals surface area contributed by atoms with Gasteiger partial charge in [0, 0.05) is 16.9 Å². The van der Waals surface area contributed by atoms with Gasteiger partial charge in [0.1, 0.15) is 23.2 Å². The van der Waals surface area contributed by atoms with Crippen LogP contribution in [0.25, 0.3) is 6.08 Å².